The molecule has 0 aliphatic rings. The van der Waals surface area contributed by atoms with Crippen LogP contribution >= 0.6 is 0 Å². The SMILES string of the molecule is CCc1ccc(N(CCC(=O)Nc2cc(C)on2)S(C)(=O)=O)cc1. The summed E-state index contributed by atoms with van der Waals surface area (Å²) in [4.78, 5) is 12.0. The van der Waals surface area contributed by atoms with Crippen molar-refractivity contribution in [1.82, 2.24) is 5.16 Å². The first-order chi connectivity index (χ1) is 11.3. The molecule has 0 atom stereocenters. The van der Waals surface area contributed by atoms with Gasteiger partial charge >= 0.3 is 0 Å². The van der Waals surface area contributed by atoms with Gasteiger partial charge in [0.05, 0.1) is 11.9 Å². The summed E-state index contributed by atoms with van der Waals surface area (Å²) < 4.78 is 30.1. The van der Waals surface area contributed by atoms with Crippen molar-refractivity contribution in [2.75, 3.05) is 22.4 Å². The van der Waals surface area contributed by atoms with E-state index >= 15 is 0 Å². The molecule has 0 spiro atoms. The lowest BCUT2D eigenvalue weighted by Gasteiger charge is -2.22. The van der Waals surface area contributed by atoms with Gasteiger partial charge in [0.2, 0.25) is 15.9 Å². The molecule has 1 heterocycles. The number of amides is 1. The van der Waals surface area contributed by atoms with Crippen LogP contribution in [-0.4, -0.2) is 32.3 Å². The molecule has 0 bridgehead atoms. The Morgan fingerprint density at radius 1 is 1.29 bits per heavy atom. The number of aryl methyl sites for hydroxylation is 2. The lowest BCUT2D eigenvalue weighted by atomic mass is 10.1. The zero-order valence-corrected chi connectivity index (χ0v) is 14.8. The Labute approximate surface area is 141 Å². The Morgan fingerprint density at radius 3 is 2.46 bits per heavy atom. The van der Waals surface area contributed by atoms with Gasteiger partial charge in [-0.1, -0.05) is 24.2 Å². The predicted molar refractivity (Wildman–Crippen MR) is 92.5 cm³/mol. The van der Waals surface area contributed by atoms with Gasteiger partial charge in [0.1, 0.15) is 5.76 Å². The highest BCUT2D eigenvalue weighted by atomic mass is 32.2. The van der Waals surface area contributed by atoms with Gasteiger partial charge in [0.25, 0.3) is 0 Å². The quantitative estimate of drug-likeness (QED) is 0.826. The highest BCUT2D eigenvalue weighted by molar-refractivity contribution is 7.92. The van der Waals surface area contributed by atoms with Crippen LogP contribution in [-0.2, 0) is 21.2 Å². The summed E-state index contributed by atoms with van der Waals surface area (Å²) in [7, 11) is -3.48. The minimum absolute atomic E-state index is 0.00844. The Bertz CT molecular complexity index is 797. The van der Waals surface area contributed by atoms with Crippen molar-refractivity contribution in [3.63, 3.8) is 0 Å². The number of rotatable bonds is 7. The van der Waals surface area contributed by atoms with E-state index in [1.54, 1.807) is 25.1 Å². The number of nitrogens with zero attached hydrogens (tertiary/aromatic N) is 2. The molecule has 0 radical (unpaired) electrons. The highest BCUT2D eigenvalue weighted by Gasteiger charge is 2.19. The van der Waals surface area contributed by atoms with E-state index in [1.165, 1.54) is 4.31 Å². The molecule has 24 heavy (non-hydrogen) atoms. The van der Waals surface area contributed by atoms with Gasteiger partial charge in [-0.15, -0.1) is 0 Å². The van der Waals surface area contributed by atoms with Crippen molar-refractivity contribution in [1.29, 1.82) is 0 Å². The number of carbonyl (C=O) groups excluding carboxylic acids is 1. The molecular weight excluding hydrogens is 330 g/mol. The third kappa shape index (κ3) is 4.82. The number of aromatic nitrogens is 1. The standard InChI is InChI=1S/C16H21N3O4S/c1-4-13-5-7-14(8-6-13)19(24(3,21)22)10-9-16(20)17-15-11-12(2)23-18-15/h5-8,11H,4,9-10H2,1-3H3,(H,17,18,20). The molecule has 0 unspecified atom stereocenters. The number of nitrogens with one attached hydrogen (secondary N) is 1. The van der Waals surface area contributed by atoms with E-state index in [-0.39, 0.29) is 18.9 Å². The van der Waals surface area contributed by atoms with Crippen molar-refractivity contribution in [3.05, 3.63) is 41.7 Å². The number of hydrogen-bond donors (Lipinski definition) is 1. The molecule has 0 saturated heterocycles. The molecule has 0 fully saturated rings. The average molecular weight is 351 g/mol. The summed E-state index contributed by atoms with van der Waals surface area (Å²) >= 11 is 0. The molecule has 1 aromatic heterocycles. The molecule has 8 heteroatoms. The van der Waals surface area contributed by atoms with Crippen LogP contribution in [0, 0.1) is 6.92 Å². The normalized spacial score (nSPS) is 11.3. The van der Waals surface area contributed by atoms with Gasteiger partial charge in [0.15, 0.2) is 5.82 Å². The predicted octanol–water partition coefficient (Wildman–Crippen LogP) is 2.34. The topological polar surface area (TPSA) is 92.5 Å². The fourth-order valence-corrected chi connectivity index (χ4v) is 3.15. The average Bonchev–Trinajstić information content (AvgIpc) is 2.91. The molecule has 130 valence electrons. The molecule has 2 rings (SSSR count). The first-order valence-electron chi connectivity index (χ1n) is 7.59. The molecule has 0 aliphatic heterocycles. The Hall–Kier alpha value is -2.35. The van der Waals surface area contributed by atoms with Gasteiger partial charge in [-0.25, -0.2) is 8.42 Å². The second kappa shape index (κ2) is 7.48. The highest BCUT2D eigenvalue weighted by Crippen LogP contribution is 2.19. The third-order valence-electron chi connectivity index (χ3n) is 3.47. The first-order valence-corrected chi connectivity index (χ1v) is 9.44. The van der Waals surface area contributed by atoms with Crippen LogP contribution in [0.1, 0.15) is 24.7 Å². The molecule has 2 aromatic rings. The monoisotopic (exact) mass is 351 g/mol. The van der Waals surface area contributed by atoms with E-state index in [2.05, 4.69) is 10.5 Å². The van der Waals surface area contributed by atoms with Gasteiger partial charge in [0, 0.05) is 19.0 Å². The van der Waals surface area contributed by atoms with Crippen LogP contribution in [0.25, 0.3) is 0 Å². The number of benzene rings is 1. The van der Waals surface area contributed by atoms with Crippen molar-refractivity contribution < 1.29 is 17.7 Å². The van der Waals surface area contributed by atoms with Crippen LogP contribution < -0.4 is 9.62 Å². The number of sulfonamides is 1. The minimum atomic E-state index is -3.48. The Morgan fingerprint density at radius 2 is 1.96 bits per heavy atom. The lowest BCUT2D eigenvalue weighted by molar-refractivity contribution is -0.116. The molecule has 1 aromatic carbocycles. The van der Waals surface area contributed by atoms with Crippen molar-refractivity contribution >= 4 is 27.4 Å². The van der Waals surface area contributed by atoms with Crippen LogP contribution in [0.5, 0.6) is 0 Å². The summed E-state index contributed by atoms with van der Waals surface area (Å²) in [6.07, 6.45) is 2.01. The Kier molecular flexibility index (Phi) is 5.61. The van der Waals surface area contributed by atoms with Crippen molar-refractivity contribution in [2.24, 2.45) is 0 Å². The number of hydrogen-bond acceptors (Lipinski definition) is 5. The molecule has 1 amide bonds. The molecule has 1 N–H and O–H groups in total. The van der Waals surface area contributed by atoms with E-state index in [0.717, 1.165) is 18.2 Å². The summed E-state index contributed by atoms with van der Waals surface area (Å²) in [5.74, 6) is 0.567. The first kappa shape index (κ1) is 18.0. The summed E-state index contributed by atoms with van der Waals surface area (Å²) in [6.45, 7) is 3.79. The maximum Gasteiger partial charge on any atom is 0.232 e. The third-order valence-corrected chi connectivity index (χ3v) is 4.66. The minimum Gasteiger partial charge on any atom is -0.360 e. The maximum atomic E-state index is 12.0. The van der Waals surface area contributed by atoms with Crippen LogP contribution in [0.2, 0.25) is 0 Å². The van der Waals surface area contributed by atoms with E-state index in [1.807, 2.05) is 19.1 Å². The van der Waals surface area contributed by atoms with E-state index in [4.69, 9.17) is 4.52 Å². The van der Waals surface area contributed by atoms with Crippen LogP contribution in [0.3, 0.4) is 0 Å². The Balaban J connectivity index is 2.05. The van der Waals surface area contributed by atoms with Crippen molar-refractivity contribution in [3.8, 4) is 0 Å². The maximum absolute atomic E-state index is 12.0. The van der Waals surface area contributed by atoms with E-state index in [9.17, 15) is 13.2 Å². The molecule has 7 nitrogen and oxygen atoms in total. The van der Waals surface area contributed by atoms with Gasteiger partial charge in [-0.05, 0) is 31.0 Å². The molecule has 0 aliphatic carbocycles. The lowest BCUT2D eigenvalue weighted by Crippen LogP contribution is -2.33. The zero-order valence-electron chi connectivity index (χ0n) is 13.9. The fraction of sp³-hybridized carbons (Fsp3) is 0.375. The van der Waals surface area contributed by atoms with Gasteiger partial charge < -0.3 is 9.84 Å². The van der Waals surface area contributed by atoms with Gasteiger partial charge in [-0.2, -0.15) is 0 Å². The molecular formula is C16H21N3O4S. The zero-order chi connectivity index (χ0) is 17.7. The fourth-order valence-electron chi connectivity index (χ4n) is 2.22. The summed E-state index contributed by atoms with van der Waals surface area (Å²) in [6, 6.07) is 8.85. The number of anilines is 2. The second-order valence-corrected chi connectivity index (χ2v) is 7.38. The van der Waals surface area contributed by atoms with Crippen LogP contribution in [0.4, 0.5) is 11.5 Å². The van der Waals surface area contributed by atoms with E-state index in [0.29, 0.717) is 17.3 Å². The largest absolute Gasteiger partial charge is 0.360 e. The van der Waals surface area contributed by atoms with Gasteiger partial charge in [-0.3, -0.25) is 9.10 Å². The van der Waals surface area contributed by atoms with Crippen molar-refractivity contribution in [2.45, 2.75) is 26.7 Å². The smallest absolute Gasteiger partial charge is 0.232 e. The molecule has 0 saturated carbocycles. The summed E-state index contributed by atoms with van der Waals surface area (Å²) in [5.41, 5.74) is 1.66. The summed E-state index contributed by atoms with van der Waals surface area (Å²) in [5, 5.41) is 6.24. The van der Waals surface area contributed by atoms with E-state index < -0.39 is 10.0 Å². The number of carbonyl (C=O) groups is 1. The second-order valence-electron chi connectivity index (χ2n) is 5.48. The van der Waals surface area contributed by atoms with Crippen LogP contribution in [0.15, 0.2) is 34.9 Å².